The van der Waals surface area contributed by atoms with Crippen LogP contribution in [-0.4, -0.2) is 48.0 Å². The van der Waals surface area contributed by atoms with Gasteiger partial charge in [-0.25, -0.2) is 0 Å². The van der Waals surface area contributed by atoms with Crippen molar-refractivity contribution < 1.29 is 4.74 Å². The van der Waals surface area contributed by atoms with Crippen LogP contribution < -0.4 is 10.2 Å². The van der Waals surface area contributed by atoms with E-state index in [4.69, 9.17) is 4.74 Å². The van der Waals surface area contributed by atoms with Crippen LogP contribution in [0.2, 0.25) is 0 Å². The Morgan fingerprint density at radius 1 is 1.53 bits per heavy atom. The Morgan fingerprint density at radius 2 is 2.42 bits per heavy atom. The first-order valence-corrected chi connectivity index (χ1v) is 7.06. The fourth-order valence-corrected chi connectivity index (χ4v) is 2.07. The Bertz CT molecular complexity index is 381. The van der Waals surface area contributed by atoms with Crippen molar-refractivity contribution in [1.29, 1.82) is 0 Å². The standard InChI is InChI=1S/C13H23N5O/c1-3-4-7-18(2)12-10-15-17-13(16-12)14-9-11-6-5-8-19-11/h10-11H,3-9H2,1-2H3,(H,14,16,17). The second kappa shape index (κ2) is 7.23. The van der Waals surface area contributed by atoms with Crippen molar-refractivity contribution in [1.82, 2.24) is 15.2 Å². The Balaban J connectivity index is 1.86. The number of aromatic nitrogens is 3. The number of ether oxygens (including phenoxy) is 1. The molecule has 6 nitrogen and oxygen atoms in total. The molecule has 1 fully saturated rings. The second-order valence-electron chi connectivity index (χ2n) is 4.93. The molecule has 1 atom stereocenters. The zero-order valence-electron chi connectivity index (χ0n) is 11.8. The number of nitrogens with zero attached hydrogens (tertiary/aromatic N) is 4. The van der Waals surface area contributed by atoms with Crippen LogP contribution in [0.5, 0.6) is 0 Å². The number of rotatable bonds is 7. The van der Waals surface area contributed by atoms with E-state index in [2.05, 4.69) is 32.3 Å². The molecular weight excluding hydrogens is 242 g/mol. The number of unbranched alkanes of at least 4 members (excludes halogenated alkanes) is 1. The Hall–Kier alpha value is -1.43. The first-order chi connectivity index (χ1) is 9.29. The highest BCUT2D eigenvalue weighted by Crippen LogP contribution is 2.13. The van der Waals surface area contributed by atoms with Crippen LogP contribution >= 0.6 is 0 Å². The van der Waals surface area contributed by atoms with E-state index in [1.807, 2.05) is 7.05 Å². The summed E-state index contributed by atoms with van der Waals surface area (Å²) in [6, 6.07) is 0. The molecule has 1 aromatic heterocycles. The zero-order chi connectivity index (χ0) is 13.5. The lowest BCUT2D eigenvalue weighted by Crippen LogP contribution is -2.23. The molecule has 1 aliphatic rings. The molecule has 0 spiro atoms. The van der Waals surface area contributed by atoms with E-state index in [9.17, 15) is 0 Å². The van der Waals surface area contributed by atoms with Crippen LogP contribution in [0, 0.1) is 0 Å². The molecule has 1 N–H and O–H groups in total. The fourth-order valence-electron chi connectivity index (χ4n) is 2.07. The van der Waals surface area contributed by atoms with Crippen LogP contribution in [0.25, 0.3) is 0 Å². The highest BCUT2D eigenvalue weighted by Gasteiger charge is 2.15. The summed E-state index contributed by atoms with van der Waals surface area (Å²) in [5, 5.41) is 11.2. The van der Waals surface area contributed by atoms with E-state index in [0.29, 0.717) is 5.95 Å². The minimum absolute atomic E-state index is 0.282. The molecular formula is C13H23N5O. The molecule has 1 unspecified atom stereocenters. The maximum absolute atomic E-state index is 5.56. The summed E-state index contributed by atoms with van der Waals surface area (Å²) < 4.78 is 5.56. The fraction of sp³-hybridized carbons (Fsp3) is 0.769. The predicted octanol–water partition coefficient (Wildman–Crippen LogP) is 1.70. The van der Waals surface area contributed by atoms with Gasteiger partial charge < -0.3 is 15.0 Å². The molecule has 0 aromatic carbocycles. The van der Waals surface area contributed by atoms with E-state index in [0.717, 1.165) is 44.8 Å². The van der Waals surface area contributed by atoms with Crippen molar-refractivity contribution >= 4 is 11.8 Å². The molecule has 0 saturated carbocycles. The lowest BCUT2D eigenvalue weighted by atomic mass is 10.2. The van der Waals surface area contributed by atoms with Crippen LogP contribution in [0.4, 0.5) is 11.8 Å². The zero-order valence-corrected chi connectivity index (χ0v) is 11.8. The molecule has 1 saturated heterocycles. The van der Waals surface area contributed by atoms with Crippen molar-refractivity contribution in [2.75, 3.05) is 37.0 Å². The topological polar surface area (TPSA) is 63.2 Å². The van der Waals surface area contributed by atoms with Gasteiger partial charge in [-0.05, 0) is 19.3 Å². The minimum atomic E-state index is 0.282. The van der Waals surface area contributed by atoms with Gasteiger partial charge in [-0.15, -0.1) is 5.10 Å². The molecule has 106 valence electrons. The van der Waals surface area contributed by atoms with E-state index >= 15 is 0 Å². The van der Waals surface area contributed by atoms with Crippen LogP contribution in [0.1, 0.15) is 32.6 Å². The molecule has 0 bridgehead atoms. The SMILES string of the molecule is CCCCN(C)c1cnnc(NCC2CCCO2)n1. The van der Waals surface area contributed by atoms with E-state index in [1.165, 1.54) is 6.42 Å². The summed E-state index contributed by atoms with van der Waals surface area (Å²) >= 11 is 0. The second-order valence-corrected chi connectivity index (χ2v) is 4.93. The summed E-state index contributed by atoms with van der Waals surface area (Å²) in [6.07, 6.45) is 6.56. The molecule has 0 radical (unpaired) electrons. The van der Waals surface area contributed by atoms with Crippen LogP contribution in [-0.2, 0) is 4.74 Å². The molecule has 6 heteroatoms. The monoisotopic (exact) mass is 265 g/mol. The van der Waals surface area contributed by atoms with Crippen molar-refractivity contribution in [2.24, 2.45) is 0 Å². The van der Waals surface area contributed by atoms with Gasteiger partial charge >= 0.3 is 0 Å². The summed E-state index contributed by atoms with van der Waals surface area (Å²) in [4.78, 5) is 6.58. The third-order valence-electron chi connectivity index (χ3n) is 3.30. The van der Waals surface area contributed by atoms with Crippen molar-refractivity contribution in [3.63, 3.8) is 0 Å². The smallest absolute Gasteiger partial charge is 0.244 e. The molecule has 2 rings (SSSR count). The van der Waals surface area contributed by atoms with E-state index < -0.39 is 0 Å². The van der Waals surface area contributed by atoms with Gasteiger partial charge in [0, 0.05) is 26.7 Å². The van der Waals surface area contributed by atoms with Gasteiger partial charge in [0.15, 0.2) is 5.82 Å². The van der Waals surface area contributed by atoms with Gasteiger partial charge in [0.05, 0.1) is 12.3 Å². The van der Waals surface area contributed by atoms with Gasteiger partial charge in [-0.3, -0.25) is 0 Å². The summed E-state index contributed by atoms with van der Waals surface area (Å²) in [5.74, 6) is 1.44. The Morgan fingerprint density at radius 3 is 3.16 bits per heavy atom. The van der Waals surface area contributed by atoms with Crippen molar-refractivity contribution in [2.45, 2.75) is 38.7 Å². The largest absolute Gasteiger partial charge is 0.376 e. The maximum Gasteiger partial charge on any atom is 0.244 e. The number of anilines is 2. The van der Waals surface area contributed by atoms with E-state index in [-0.39, 0.29) is 6.10 Å². The van der Waals surface area contributed by atoms with Gasteiger partial charge in [-0.2, -0.15) is 10.1 Å². The molecule has 1 aliphatic heterocycles. The average molecular weight is 265 g/mol. The van der Waals surface area contributed by atoms with Crippen LogP contribution in [0.3, 0.4) is 0 Å². The average Bonchev–Trinajstić information content (AvgIpc) is 2.96. The summed E-state index contributed by atoms with van der Waals surface area (Å²) in [5.41, 5.74) is 0. The number of hydrogen-bond donors (Lipinski definition) is 1. The molecule has 0 amide bonds. The van der Waals surface area contributed by atoms with E-state index in [1.54, 1.807) is 6.20 Å². The van der Waals surface area contributed by atoms with Crippen molar-refractivity contribution in [3.8, 4) is 0 Å². The first kappa shape index (κ1) is 14.0. The first-order valence-electron chi connectivity index (χ1n) is 7.06. The number of nitrogens with one attached hydrogen (secondary N) is 1. The lowest BCUT2D eigenvalue weighted by Gasteiger charge is -2.17. The highest BCUT2D eigenvalue weighted by molar-refractivity contribution is 5.39. The molecule has 19 heavy (non-hydrogen) atoms. The van der Waals surface area contributed by atoms with Crippen LogP contribution in [0.15, 0.2) is 6.20 Å². The summed E-state index contributed by atoms with van der Waals surface area (Å²) in [7, 11) is 2.03. The molecule has 0 aliphatic carbocycles. The Labute approximate surface area is 114 Å². The summed E-state index contributed by atoms with van der Waals surface area (Å²) in [6.45, 7) is 4.79. The highest BCUT2D eigenvalue weighted by atomic mass is 16.5. The molecule has 2 heterocycles. The van der Waals surface area contributed by atoms with Gasteiger partial charge in [0.1, 0.15) is 0 Å². The number of hydrogen-bond acceptors (Lipinski definition) is 6. The quantitative estimate of drug-likeness (QED) is 0.809. The van der Waals surface area contributed by atoms with Gasteiger partial charge in [-0.1, -0.05) is 13.3 Å². The normalized spacial score (nSPS) is 18.5. The Kier molecular flexibility index (Phi) is 5.32. The third kappa shape index (κ3) is 4.31. The molecule has 1 aromatic rings. The van der Waals surface area contributed by atoms with Crippen molar-refractivity contribution in [3.05, 3.63) is 6.20 Å². The lowest BCUT2D eigenvalue weighted by molar-refractivity contribution is 0.120. The predicted molar refractivity (Wildman–Crippen MR) is 75.5 cm³/mol. The third-order valence-corrected chi connectivity index (χ3v) is 3.30. The minimum Gasteiger partial charge on any atom is -0.376 e. The van der Waals surface area contributed by atoms with Gasteiger partial charge in [0.2, 0.25) is 5.95 Å². The maximum atomic E-state index is 5.56. The van der Waals surface area contributed by atoms with Gasteiger partial charge in [0.25, 0.3) is 0 Å².